The number of benzene rings is 2. The van der Waals surface area contributed by atoms with E-state index >= 15 is 0 Å². The summed E-state index contributed by atoms with van der Waals surface area (Å²) in [6.45, 7) is 0.518. The summed E-state index contributed by atoms with van der Waals surface area (Å²) in [7, 11) is 0. The van der Waals surface area contributed by atoms with Gasteiger partial charge in [-0.15, -0.1) is 0 Å². The Hall–Kier alpha value is -1.71. The third-order valence-corrected chi connectivity index (χ3v) is 3.20. The first-order valence-electron chi connectivity index (χ1n) is 6.34. The second kappa shape index (κ2) is 7.78. The fraction of sp³-hybridized carbons (Fsp3) is 0.118. The van der Waals surface area contributed by atoms with Gasteiger partial charge in [0.1, 0.15) is 6.61 Å². The Labute approximate surface area is 127 Å². The lowest BCUT2D eigenvalue weighted by Crippen LogP contribution is -2.09. The first-order valence-corrected chi connectivity index (χ1v) is 7.13. The number of carbonyl (C=O) groups excluding carboxylic acids is 1. The number of hydrogen-bond donors (Lipinski definition) is 0. The lowest BCUT2D eigenvalue weighted by Gasteiger charge is -2.02. The van der Waals surface area contributed by atoms with Crippen molar-refractivity contribution in [3.8, 4) is 0 Å². The summed E-state index contributed by atoms with van der Waals surface area (Å²) in [6, 6.07) is 17.3. The molecule has 20 heavy (non-hydrogen) atoms. The van der Waals surface area contributed by atoms with E-state index in [0.717, 1.165) is 10.0 Å². The third kappa shape index (κ3) is 4.76. The van der Waals surface area contributed by atoms with Crippen molar-refractivity contribution in [2.75, 3.05) is 13.2 Å². The summed E-state index contributed by atoms with van der Waals surface area (Å²) < 4.78 is 6.26. The van der Waals surface area contributed by atoms with Crippen LogP contribution in [-0.2, 0) is 4.74 Å². The normalized spacial score (nSPS) is 10.8. The fourth-order valence-corrected chi connectivity index (χ4v) is 2.11. The van der Waals surface area contributed by atoms with E-state index in [-0.39, 0.29) is 12.4 Å². The maximum atomic E-state index is 11.9. The molecule has 0 aliphatic heterocycles. The van der Waals surface area contributed by atoms with Gasteiger partial charge in [-0.05, 0) is 17.7 Å². The van der Waals surface area contributed by atoms with Gasteiger partial charge in [0.15, 0.2) is 5.78 Å². The molecule has 0 unspecified atom stereocenters. The molecular formula is C17H15BrO2. The average Bonchev–Trinajstić information content (AvgIpc) is 2.48. The molecular weight excluding hydrogens is 316 g/mol. The van der Waals surface area contributed by atoms with E-state index in [9.17, 15) is 4.79 Å². The van der Waals surface area contributed by atoms with E-state index in [1.165, 1.54) is 0 Å². The summed E-state index contributed by atoms with van der Waals surface area (Å²) in [4.78, 5) is 11.9. The predicted octanol–water partition coefficient (Wildman–Crippen LogP) is 4.36. The molecule has 2 aromatic carbocycles. The molecule has 0 fully saturated rings. The van der Waals surface area contributed by atoms with Crippen LogP contribution in [0.15, 0.2) is 65.1 Å². The van der Waals surface area contributed by atoms with E-state index in [1.54, 1.807) is 12.1 Å². The zero-order valence-electron chi connectivity index (χ0n) is 11.0. The summed E-state index contributed by atoms with van der Waals surface area (Å²) in [5.41, 5.74) is 1.78. The lowest BCUT2D eigenvalue weighted by atomic mass is 10.1. The third-order valence-electron chi connectivity index (χ3n) is 2.70. The first-order chi connectivity index (χ1) is 9.75. The highest BCUT2D eigenvalue weighted by atomic mass is 79.9. The van der Waals surface area contributed by atoms with Crippen molar-refractivity contribution < 1.29 is 9.53 Å². The summed E-state index contributed by atoms with van der Waals surface area (Å²) in [6.07, 6.45) is 3.88. The smallest absolute Gasteiger partial charge is 0.188 e. The number of ketones is 1. The molecule has 102 valence electrons. The highest BCUT2D eigenvalue weighted by molar-refractivity contribution is 9.10. The predicted molar refractivity (Wildman–Crippen MR) is 84.8 cm³/mol. The number of ether oxygens (including phenoxy) is 1. The molecule has 0 saturated carbocycles. The highest BCUT2D eigenvalue weighted by Gasteiger charge is 2.05. The summed E-state index contributed by atoms with van der Waals surface area (Å²) in [5, 5.41) is 0. The molecule has 2 nitrogen and oxygen atoms in total. The van der Waals surface area contributed by atoms with Crippen LogP contribution in [0.2, 0.25) is 0 Å². The van der Waals surface area contributed by atoms with Gasteiger partial charge < -0.3 is 4.74 Å². The topological polar surface area (TPSA) is 26.3 Å². The Morgan fingerprint density at radius 3 is 2.65 bits per heavy atom. The molecule has 0 atom stereocenters. The molecule has 2 aromatic rings. The molecule has 0 aromatic heterocycles. The Balaban J connectivity index is 1.76. The van der Waals surface area contributed by atoms with Crippen molar-refractivity contribution in [1.82, 2.24) is 0 Å². The molecule has 0 spiro atoms. The first kappa shape index (κ1) is 14.7. The zero-order chi connectivity index (χ0) is 14.2. The molecule has 0 amide bonds. The number of carbonyl (C=O) groups is 1. The quantitative estimate of drug-likeness (QED) is 0.581. The van der Waals surface area contributed by atoms with Gasteiger partial charge in [-0.25, -0.2) is 0 Å². The summed E-state index contributed by atoms with van der Waals surface area (Å²) in [5.74, 6) is -0.0144. The highest BCUT2D eigenvalue weighted by Crippen LogP contribution is 2.12. The van der Waals surface area contributed by atoms with Gasteiger partial charge in [0.25, 0.3) is 0 Å². The van der Waals surface area contributed by atoms with Crippen molar-refractivity contribution in [3.63, 3.8) is 0 Å². The van der Waals surface area contributed by atoms with Crippen LogP contribution in [0.3, 0.4) is 0 Å². The van der Waals surface area contributed by atoms with Gasteiger partial charge in [0.05, 0.1) is 6.61 Å². The zero-order valence-corrected chi connectivity index (χ0v) is 12.5. The second-order valence-electron chi connectivity index (χ2n) is 4.26. The fourth-order valence-electron chi connectivity index (χ4n) is 1.71. The van der Waals surface area contributed by atoms with Gasteiger partial charge in [-0.1, -0.05) is 70.5 Å². The van der Waals surface area contributed by atoms with Gasteiger partial charge in [-0.2, -0.15) is 0 Å². The Kier molecular flexibility index (Phi) is 5.71. The maximum Gasteiger partial charge on any atom is 0.188 e. The largest absolute Gasteiger partial charge is 0.369 e. The number of halogens is 1. The van der Waals surface area contributed by atoms with Crippen LogP contribution in [-0.4, -0.2) is 19.0 Å². The van der Waals surface area contributed by atoms with Crippen LogP contribution in [0, 0.1) is 0 Å². The standard InChI is InChI=1S/C17H15BrO2/c18-16-10-4-9-15(12-16)17(19)13-20-11-5-8-14-6-2-1-3-7-14/h1-10,12H,11,13H2. The molecule has 3 heteroatoms. The van der Waals surface area contributed by atoms with E-state index in [2.05, 4.69) is 15.9 Å². The number of rotatable bonds is 6. The molecule has 2 rings (SSSR count). The van der Waals surface area contributed by atoms with Crippen LogP contribution < -0.4 is 0 Å². The van der Waals surface area contributed by atoms with Crippen LogP contribution in [0.1, 0.15) is 15.9 Å². The van der Waals surface area contributed by atoms with Crippen molar-refractivity contribution in [1.29, 1.82) is 0 Å². The van der Waals surface area contributed by atoms with Crippen LogP contribution in [0.5, 0.6) is 0 Å². The summed E-state index contributed by atoms with van der Waals surface area (Å²) >= 11 is 3.35. The Morgan fingerprint density at radius 1 is 1.10 bits per heavy atom. The molecule has 0 bridgehead atoms. The Bertz CT molecular complexity index is 591. The number of hydrogen-bond acceptors (Lipinski definition) is 2. The van der Waals surface area contributed by atoms with Crippen molar-refractivity contribution >= 4 is 27.8 Å². The average molecular weight is 331 g/mol. The monoisotopic (exact) mass is 330 g/mol. The van der Waals surface area contributed by atoms with Crippen molar-refractivity contribution in [2.45, 2.75) is 0 Å². The van der Waals surface area contributed by atoms with Crippen molar-refractivity contribution in [3.05, 3.63) is 76.3 Å². The van der Waals surface area contributed by atoms with Gasteiger partial charge >= 0.3 is 0 Å². The second-order valence-corrected chi connectivity index (χ2v) is 5.18. The van der Waals surface area contributed by atoms with Gasteiger partial charge in [0, 0.05) is 10.0 Å². The minimum atomic E-state index is -0.0144. The Morgan fingerprint density at radius 2 is 1.90 bits per heavy atom. The van der Waals surface area contributed by atoms with Crippen LogP contribution >= 0.6 is 15.9 Å². The molecule has 0 aliphatic rings. The molecule has 0 saturated heterocycles. The minimum absolute atomic E-state index is 0.0144. The van der Waals surface area contributed by atoms with Crippen LogP contribution in [0.25, 0.3) is 6.08 Å². The SMILES string of the molecule is O=C(COCC=Cc1ccccc1)c1cccc(Br)c1. The minimum Gasteiger partial charge on any atom is -0.369 e. The molecule has 0 aliphatic carbocycles. The van der Waals surface area contributed by atoms with Crippen LogP contribution in [0.4, 0.5) is 0 Å². The van der Waals surface area contributed by atoms with E-state index in [0.29, 0.717) is 12.2 Å². The lowest BCUT2D eigenvalue weighted by molar-refractivity contribution is 0.0806. The molecule has 0 heterocycles. The van der Waals surface area contributed by atoms with E-state index < -0.39 is 0 Å². The van der Waals surface area contributed by atoms with Crippen molar-refractivity contribution in [2.24, 2.45) is 0 Å². The molecule has 0 radical (unpaired) electrons. The van der Waals surface area contributed by atoms with Gasteiger partial charge in [-0.3, -0.25) is 4.79 Å². The van der Waals surface area contributed by atoms with Gasteiger partial charge in [0.2, 0.25) is 0 Å². The number of Topliss-reactive ketones (excluding diaryl/α,β-unsaturated/α-hetero) is 1. The maximum absolute atomic E-state index is 11.9. The van der Waals surface area contributed by atoms with E-state index in [1.807, 2.05) is 54.6 Å². The molecule has 0 N–H and O–H groups in total. The van der Waals surface area contributed by atoms with E-state index in [4.69, 9.17) is 4.74 Å².